The third kappa shape index (κ3) is 2.55. The van der Waals surface area contributed by atoms with Crippen LogP contribution < -0.4 is 5.32 Å². The summed E-state index contributed by atoms with van der Waals surface area (Å²) < 4.78 is 0. The van der Waals surface area contributed by atoms with Crippen LogP contribution in [0, 0.1) is 6.92 Å². The van der Waals surface area contributed by atoms with Crippen molar-refractivity contribution in [3.8, 4) is 0 Å². The summed E-state index contributed by atoms with van der Waals surface area (Å²) >= 11 is 0. The van der Waals surface area contributed by atoms with Crippen molar-refractivity contribution in [2.24, 2.45) is 0 Å². The average molecular weight is 205 g/mol. The van der Waals surface area contributed by atoms with E-state index in [-0.39, 0.29) is 0 Å². The summed E-state index contributed by atoms with van der Waals surface area (Å²) in [5, 5.41) is 3.41. The highest BCUT2D eigenvalue weighted by atomic mass is 15.2. The van der Waals surface area contributed by atoms with Gasteiger partial charge < -0.3 is 5.32 Å². The third-order valence-corrected chi connectivity index (χ3v) is 3.13. The monoisotopic (exact) mass is 205 g/mol. The van der Waals surface area contributed by atoms with Gasteiger partial charge in [-0.2, -0.15) is 0 Å². The van der Waals surface area contributed by atoms with E-state index in [1.165, 1.54) is 5.56 Å². The maximum absolute atomic E-state index is 4.33. The van der Waals surface area contributed by atoms with Crippen molar-refractivity contribution in [2.75, 3.05) is 19.6 Å². The van der Waals surface area contributed by atoms with Gasteiger partial charge in [-0.15, -0.1) is 0 Å². The van der Waals surface area contributed by atoms with Gasteiger partial charge in [-0.3, -0.25) is 9.88 Å². The van der Waals surface area contributed by atoms with E-state index in [1.54, 1.807) is 0 Å². The average Bonchev–Trinajstić information content (AvgIpc) is 2.24. The van der Waals surface area contributed by atoms with Gasteiger partial charge in [0, 0.05) is 44.1 Å². The molecule has 15 heavy (non-hydrogen) atoms. The number of nitrogens with zero attached hydrogens (tertiary/aromatic N) is 2. The van der Waals surface area contributed by atoms with Crippen molar-refractivity contribution in [2.45, 2.75) is 26.4 Å². The smallest absolute Gasteiger partial charge is 0.0417 e. The molecule has 1 saturated heterocycles. The maximum Gasteiger partial charge on any atom is 0.0417 e. The van der Waals surface area contributed by atoms with Crippen LogP contribution in [-0.4, -0.2) is 35.6 Å². The minimum Gasteiger partial charge on any atom is -0.314 e. The molecule has 0 aliphatic carbocycles. The van der Waals surface area contributed by atoms with E-state index in [2.05, 4.69) is 35.1 Å². The quantitative estimate of drug-likeness (QED) is 0.786. The molecule has 2 heterocycles. The molecule has 3 heteroatoms. The van der Waals surface area contributed by atoms with Crippen molar-refractivity contribution in [1.82, 2.24) is 15.2 Å². The van der Waals surface area contributed by atoms with Crippen LogP contribution in [0.1, 0.15) is 18.2 Å². The Hall–Kier alpha value is -0.930. The van der Waals surface area contributed by atoms with Gasteiger partial charge in [0.2, 0.25) is 0 Å². The summed E-state index contributed by atoms with van der Waals surface area (Å²) in [6.45, 7) is 8.72. The van der Waals surface area contributed by atoms with Gasteiger partial charge in [0.05, 0.1) is 0 Å². The van der Waals surface area contributed by atoms with Crippen LogP contribution in [0.25, 0.3) is 0 Å². The lowest BCUT2D eigenvalue weighted by atomic mass is 10.1. The second-order valence-corrected chi connectivity index (χ2v) is 4.27. The van der Waals surface area contributed by atoms with E-state index < -0.39 is 0 Å². The molecule has 0 bridgehead atoms. The van der Waals surface area contributed by atoms with Crippen molar-refractivity contribution in [1.29, 1.82) is 0 Å². The molecule has 2 rings (SSSR count). The molecule has 1 aromatic rings. The summed E-state index contributed by atoms with van der Waals surface area (Å²) in [7, 11) is 0. The molecule has 0 saturated carbocycles. The zero-order valence-corrected chi connectivity index (χ0v) is 9.53. The Morgan fingerprint density at radius 1 is 1.60 bits per heavy atom. The molecule has 0 spiro atoms. The Balaban J connectivity index is 2.04. The summed E-state index contributed by atoms with van der Waals surface area (Å²) in [6, 6.07) is 4.82. The highest BCUT2D eigenvalue weighted by Crippen LogP contribution is 2.11. The maximum atomic E-state index is 4.33. The van der Waals surface area contributed by atoms with Crippen molar-refractivity contribution < 1.29 is 0 Å². The van der Waals surface area contributed by atoms with Crippen LogP contribution in [0.15, 0.2) is 18.3 Å². The van der Waals surface area contributed by atoms with Crippen molar-refractivity contribution >= 4 is 0 Å². The predicted octanol–water partition coefficient (Wildman–Crippen LogP) is 1.18. The molecule has 1 aliphatic rings. The van der Waals surface area contributed by atoms with Gasteiger partial charge in [0.15, 0.2) is 0 Å². The van der Waals surface area contributed by atoms with Crippen molar-refractivity contribution in [3.63, 3.8) is 0 Å². The first-order valence-corrected chi connectivity index (χ1v) is 5.62. The van der Waals surface area contributed by atoms with E-state index in [9.17, 15) is 0 Å². The van der Waals surface area contributed by atoms with Crippen LogP contribution in [0.4, 0.5) is 0 Å². The first-order chi connectivity index (χ1) is 7.27. The fraction of sp³-hybridized carbons (Fsp3) is 0.583. The van der Waals surface area contributed by atoms with E-state index in [0.29, 0.717) is 6.04 Å². The molecule has 0 amide bonds. The molecule has 1 fully saturated rings. The molecule has 82 valence electrons. The second-order valence-electron chi connectivity index (χ2n) is 4.27. The summed E-state index contributed by atoms with van der Waals surface area (Å²) in [4.78, 5) is 6.84. The summed E-state index contributed by atoms with van der Waals surface area (Å²) in [5.74, 6) is 0. The van der Waals surface area contributed by atoms with E-state index in [1.807, 2.05) is 12.3 Å². The molecular formula is C12H19N3. The van der Waals surface area contributed by atoms with Crippen LogP contribution in [0.3, 0.4) is 0 Å². The summed E-state index contributed by atoms with van der Waals surface area (Å²) in [5.41, 5.74) is 2.51. The van der Waals surface area contributed by atoms with Gasteiger partial charge in [-0.1, -0.05) is 6.07 Å². The largest absolute Gasteiger partial charge is 0.314 e. The highest BCUT2D eigenvalue weighted by molar-refractivity contribution is 5.18. The molecule has 1 atom stereocenters. The molecule has 1 aliphatic heterocycles. The topological polar surface area (TPSA) is 28.2 Å². The van der Waals surface area contributed by atoms with Gasteiger partial charge >= 0.3 is 0 Å². The molecule has 3 nitrogen and oxygen atoms in total. The van der Waals surface area contributed by atoms with Gasteiger partial charge in [0.1, 0.15) is 0 Å². The Bertz CT molecular complexity index is 324. The SMILES string of the molecule is Cc1ncccc1CN1CCNC[C@@H]1C. The lowest BCUT2D eigenvalue weighted by Crippen LogP contribution is -2.49. The number of hydrogen-bond acceptors (Lipinski definition) is 3. The Kier molecular flexibility index (Phi) is 3.34. The number of pyridine rings is 1. The normalized spacial score (nSPS) is 22.9. The minimum absolute atomic E-state index is 0.623. The Morgan fingerprint density at radius 3 is 3.20 bits per heavy atom. The lowest BCUT2D eigenvalue weighted by molar-refractivity contribution is 0.165. The van der Waals surface area contributed by atoms with E-state index in [0.717, 1.165) is 31.9 Å². The standard InChI is InChI=1S/C12H19N3/c1-10-8-13-6-7-15(10)9-12-4-3-5-14-11(12)2/h3-5,10,13H,6-9H2,1-2H3/t10-/m0/s1. The van der Waals surface area contributed by atoms with Gasteiger partial charge in [-0.25, -0.2) is 0 Å². The van der Waals surface area contributed by atoms with Crippen molar-refractivity contribution in [3.05, 3.63) is 29.6 Å². The summed E-state index contributed by atoms with van der Waals surface area (Å²) in [6.07, 6.45) is 1.86. The molecule has 1 aromatic heterocycles. The fourth-order valence-electron chi connectivity index (χ4n) is 2.02. The molecule has 0 unspecified atom stereocenters. The van der Waals surface area contributed by atoms with Crippen LogP contribution in [0.5, 0.6) is 0 Å². The molecule has 0 radical (unpaired) electrons. The van der Waals surface area contributed by atoms with Gasteiger partial charge in [-0.05, 0) is 25.5 Å². The zero-order chi connectivity index (χ0) is 10.7. The molecule has 0 aromatic carbocycles. The zero-order valence-electron chi connectivity index (χ0n) is 9.53. The third-order valence-electron chi connectivity index (χ3n) is 3.13. The number of aromatic nitrogens is 1. The number of piperazine rings is 1. The first-order valence-electron chi connectivity index (χ1n) is 5.62. The second kappa shape index (κ2) is 4.73. The van der Waals surface area contributed by atoms with E-state index in [4.69, 9.17) is 0 Å². The lowest BCUT2D eigenvalue weighted by Gasteiger charge is -2.34. The minimum atomic E-state index is 0.623. The highest BCUT2D eigenvalue weighted by Gasteiger charge is 2.18. The van der Waals surface area contributed by atoms with E-state index >= 15 is 0 Å². The number of nitrogens with one attached hydrogen (secondary N) is 1. The fourth-order valence-corrected chi connectivity index (χ4v) is 2.02. The van der Waals surface area contributed by atoms with Crippen LogP contribution in [-0.2, 0) is 6.54 Å². The Morgan fingerprint density at radius 2 is 2.47 bits per heavy atom. The number of hydrogen-bond donors (Lipinski definition) is 1. The Labute approximate surface area is 91.5 Å². The molecule has 1 N–H and O–H groups in total. The molecular weight excluding hydrogens is 186 g/mol. The van der Waals surface area contributed by atoms with Gasteiger partial charge in [0.25, 0.3) is 0 Å². The van der Waals surface area contributed by atoms with Crippen LogP contribution in [0.2, 0.25) is 0 Å². The van der Waals surface area contributed by atoms with Crippen LogP contribution >= 0.6 is 0 Å². The predicted molar refractivity (Wildman–Crippen MR) is 61.7 cm³/mol. The first kappa shape index (κ1) is 10.6. The number of rotatable bonds is 2. The number of aryl methyl sites for hydroxylation is 1.